The van der Waals surface area contributed by atoms with E-state index in [0.717, 1.165) is 33.3 Å². The molecule has 0 atom stereocenters. The van der Waals surface area contributed by atoms with Gasteiger partial charge < -0.3 is 19.8 Å². The largest absolute Gasteiger partial charge is 0.493 e. The minimum Gasteiger partial charge on any atom is -0.493 e. The van der Waals surface area contributed by atoms with E-state index in [2.05, 4.69) is 30.8 Å². The molecule has 5 aromatic rings. The lowest BCUT2D eigenvalue weighted by Crippen LogP contribution is -2.28. The Morgan fingerprint density at radius 3 is 2.59 bits per heavy atom. The average molecular weight is 499 g/mol. The lowest BCUT2D eigenvalue weighted by atomic mass is 9.97. The maximum Gasteiger partial charge on any atom is 0.321 e. The monoisotopic (exact) mass is 498 g/mol. The fourth-order valence-corrected chi connectivity index (χ4v) is 4.38. The first-order valence-electron chi connectivity index (χ1n) is 11.8. The summed E-state index contributed by atoms with van der Waals surface area (Å²) in [6, 6.07) is 16.8. The number of nitrogens with zero attached hydrogens (tertiary/aromatic N) is 2. The van der Waals surface area contributed by atoms with Crippen LogP contribution in [0.2, 0.25) is 0 Å². The second kappa shape index (κ2) is 10.0. The van der Waals surface area contributed by atoms with Gasteiger partial charge in [-0.25, -0.2) is 14.9 Å². The lowest BCUT2D eigenvalue weighted by molar-refractivity contribution is 0.252. The van der Waals surface area contributed by atoms with Gasteiger partial charge in [0.25, 0.3) is 5.56 Å². The summed E-state index contributed by atoms with van der Waals surface area (Å²) >= 11 is 0. The number of H-pyrrole nitrogens is 2. The molecule has 2 heterocycles. The van der Waals surface area contributed by atoms with Crippen LogP contribution in [0, 0.1) is 0 Å². The molecule has 0 fully saturated rings. The molecule has 2 amide bonds. The number of ether oxygens (including phenoxy) is 2. The number of imidazole rings is 1. The third-order valence-electron chi connectivity index (χ3n) is 6.05. The summed E-state index contributed by atoms with van der Waals surface area (Å²) in [6.07, 6.45) is 0.468. The van der Waals surface area contributed by atoms with Crippen LogP contribution in [0.1, 0.15) is 18.2 Å². The van der Waals surface area contributed by atoms with Crippen LogP contribution >= 0.6 is 0 Å². The van der Waals surface area contributed by atoms with Gasteiger partial charge in [-0.05, 0) is 48.4 Å². The van der Waals surface area contributed by atoms with Gasteiger partial charge in [-0.15, -0.1) is 0 Å². The van der Waals surface area contributed by atoms with Crippen LogP contribution in [0.25, 0.3) is 32.9 Å². The molecule has 0 spiro atoms. The fourth-order valence-electron chi connectivity index (χ4n) is 4.38. The zero-order valence-corrected chi connectivity index (χ0v) is 20.6. The Balaban J connectivity index is 1.56. The maximum absolute atomic E-state index is 12.2. The van der Waals surface area contributed by atoms with Crippen molar-refractivity contribution in [1.82, 2.24) is 25.5 Å². The van der Waals surface area contributed by atoms with Crippen molar-refractivity contribution in [2.45, 2.75) is 13.3 Å². The van der Waals surface area contributed by atoms with Crippen LogP contribution in [-0.4, -0.2) is 47.0 Å². The van der Waals surface area contributed by atoms with E-state index < -0.39 is 0 Å². The summed E-state index contributed by atoms with van der Waals surface area (Å²) in [5.41, 5.74) is 4.59. The minimum atomic E-state index is -0.329. The van der Waals surface area contributed by atoms with Crippen LogP contribution in [0.4, 0.5) is 10.7 Å². The molecule has 0 saturated heterocycles. The van der Waals surface area contributed by atoms with Crippen molar-refractivity contribution < 1.29 is 14.3 Å². The standard InChI is InChI=1S/C27H26N6O4/c1-4-28-27(35)31-26-29-20-10-9-16(14-22(20)30-26)19-11-15(13-23(36-2)24(19)37-3)12-21-17-7-5-6-8-18(17)25(34)33-32-21/h5-11,13-14H,4,12H2,1-3H3,(H,33,34)(H3,28,29,30,31,35). The number of anilines is 1. The number of aromatic nitrogens is 4. The first-order valence-corrected chi connectivity index (χ1v) is 11.8. The SMILES string of the molecule is CCNC(=O)Nc1nc2cc(-c3cc(Cc4n[nH]c(=O)c5ccccc45)cc(OC)c3OC)ccc2[nH]1. The number of fused-ring (bicyclic) bond motifs is 2. The second-order valence-corrected chi connectivity index (χ2v) is 8.40. The topological polar surface area (TPSA) is 134 Å². The predicted molar refractivity (Wildman–Crippen MR) is 142 cm³/mol. The van der Waals surface area contributed by atoms with Gasteiger partial charge in [0.1, 0.15) is 0 Å². The van der Waals surface area contributed by atoms with Crippen LogP contribution in [0.3, 0.4) is 0 Å². The predicted octanol–water partition coefficient (Wildman–Crippen LogP) is 4.22. The van der Waals surface area contributed by atoms with Gasteiger partial charge in [0.15, 0.2) is 11.5 Å². The van der Waals surface area contributed by atoms with Gasteiger partial charge in [-0.2, -0.15) is 5.10 Å². The Morgan fingerprint density at radius 2 is 1.84 bits per heavy atom. The number of carbonyl (C=O) groups is 1. The molecule has 0 aliphatic carbocycles. The zero-order chi connectivity index (χ0) is 25.9. The van der Waals surface area contributed by atoms with E-state index in [1.165, 1.54) is 0 Å². The number of hydrogen-bond donors (Lipinski definition) is 4. The van der Waals surface area contributed by atoms with Crippen molar-refractivity contribution in [3.8, 4) is 22.6 Å². The average Bonchev–Trinajstić information content (AvgIpc) is 3.31. The number of methoxy groups -OCH3 is 2. The van der Waals surface area contributed by atoms with Crippen molar-refractivity contribution in [3.63, 3.8) is 0 Å². The Kier molecular flexibility index (Phi) is 6.46. The number of aromatic amines is 2. The molecule has 10 heteroatoms. The van der Waals surface area contributed by atoms with Crippen LogP contribution in [0.5, 0.6) is 11.5 Å². The van der Waals surface area contributed by atoms with E-state index in [-0.39, 0.29) is 11.6 Å². The molecule has 0 radical (unpaired) electrons. The zero-order valence-electron chi connectivity index (χ0n) is 20.6. The molecule has 4 N–H and O–H groups in total. The Labute approximate surface area is 212 Å². The molecule has 0 aliphatic rings. The highest BCUT2D eigenvalue weighted by Crippen LogP contribution is 2.40. The van der Waals surface area contributed by atoms with E-state index >= 15 is 0 Å². The molecule has 0 unspecified atom stereocenters. The van der Waals surface area contributed by atoms with Gasteiger partial charge in [-0.3, -0.25) is 10.1 Å². The van der Waals surface area contributed by atoms with Crippen LogP contribution < -0.4 is 25.7 Å². The summed E-state index contributed by atoms with van der Waals surface area (Å²) in [5.74, 6) is 1.51. The number of benzene rings is 3. The number of carbonyl (C=O) groups excluding carboxylic acids is 1. The van der Waals surface area contributed by atoms with Crippen molar-refractivity contribution in [2.24, 2.45) is 0 Å². The van der Waals surface area contributed by atoms with Gasteiger partial charge >= 0.3 is 6.03 Å². The molecule has 0 saturated carbocycles. The normalized spacial score (nSPS) is 11.0. The second-order valence-electron chi connectivity index (χ2n) is 8.40. The van der Waals surface area contributed by atoms with E-state index in [9.17, 15) is 9.59 Å². The molecule has 0 aliphatic heterocycles. The number of amides is 2. The first-order chi connectivity index (χ1) is 18.0. The Bertz CT molecular complexity index is 1670. The summed E-state index contributed by atoms with van der Waals surface area (Å²) < 4.78 is 11.4. The van der Waals surface area contributed by atoms with Crippen molar-refractivity contribution in [3.05, 3.63) is 76.2 Å². The number of hydrogen-bond acceptors (Lipinski definition) is 6. The van der Waals surface area contributed by atoms with Gasteiger partial charge in [0.2, 0.25) is 5.95 Å². The molecule has 10 nitrogen and oxygen atoms in total. The third kappa shape index (κ3) is 4.68. The number of rotatable bonds is 7. The van der Waals surface area contributed by atoms with E-state index in [0.29, 0.717) is 41.3 Å². The van der Waals surface area contributed by atoms with Crippen LogP contribution in [-0.2, 0) is 6.42 Å². The number of nitrogens with one attached hydrogen (secondary N) is 4. The van der Waals surface area contributed by atoms with E-state index in [1.807, 2.05) is 55.5 Å². The number of urea groups is 1. The van der Waals surface area contributed by atoms with Crippen molar-refractivity contribution in [1.29, 1.82) is 0 Å². The molecule has 188 valence electrons. The fraction of sp³-hybridized carbons (Fsp3) is 0.185. The Morgan fingerprint density at radius 1 is 1.03 bits per heavy atom. The molecule has 5 rings (SSSR count). The molecule has 3 aromatic carbocycles. The highest BCUT2D eigenvalue weighted by atomic mass is 16.5. The van der Waals surface area contributed by atoms with Gasteiger partial charge in [0.05, 0.1) is 36.3 Å². The van der Waals surface area contributed by atoms with Crippen molar-refractivity contribution >= 4 is 33.8 Å². The molecule has 2 aromatic heterocycles. The lowest BCUT2D eigenvalue weighted by Gasteiger charge is -2.16. The molecule has 37 heavy (non-hydrogen) atoms. The van der Waals surface area contributed by atoms with Crippen LogP contribution in [0.15, 0.2) is 59.4 Å². The smallest absolute Gasteiger partial charge is 0.321 e. The highest BCUT2D eigenvalue weighted by molar-refractivity contribution is 5.91. The summed E-state index contributed by atoms with van der Waals surface area (Å²) in [5, 5.41) is 13.7. The Hall–Kier alpha value is -4.86. The van der Waals surface area contributed by atoms with Crippen molar-refractivity contribution in [2.75, 3.05) is 26.1 Å². The third-order valence-corrected chi connectivity index (χ3v) is 6.05. The summed E-state index contributed by atoms with van der Waals surface area (Å²) in [6.45, 7) is 2.36. The maximum atomic E-state index is 12.2. The molecule has 0 bridgehead atoms. The highest BCUT2D eigenvalue weighted by Gasteiger charge is 2.17. The molecular formula is C27H26N6O4. The van der Waals surface area contributed by atoms with E-state index in [4.69, 9.17) is 9.47 Å². The quantitative estimate of drug-likeness (QED) is 0.266. The van der Waals surface area contributed by atoms with Gasteiger partial charge in [-0.1, -0.05) is 24.3 Å². The molecular weight excluding hydrogens is 472 g/mol. The summed E-state index contributed by atoms with van der Waals surface area (Å²) in [7, 11) is 3.19. The first kappa shape index (κ1) is 23.9. The minimum absolute atomic E-state index is 0.222. The summed E-state index contributed by atoms with van der Waals surface area (Å²) in [4.78, 5) is 31.7. The van der Waals surface area contributed by atoms with E-state index in [1.54, 1.807) is 20.3 Å². The van der Waals surface area contributed by atoms with Gasteiger partial charge in [0, 0.05) is 23.9 Å².